The van der Waals surface area contributed by atoms with E-state index < -0.39 is 10.0 Å². The summed E-state index contributed by atoms with van der Waals surface area (Å²) in [5.74, 6) is 0.565. The van der Waals surface area contributed by atoms with Gasteiger partial charge in [0.05, 0.1) is 4.90 Å². The topological polar surface area (TPSA) is 60.2 Å². The minimum atomic E-state index is -3.55. The standard InChI is InChI=1S/C10H15NO2S.K.H/c1-8(2)7-9-3-5-10(6-4-9)14(11,12)13;;/h3-6,8H,7H2,1-2H3,(H2,11,12,13);;/q;+1;-1. The molecule has 0 atom stereocenters. The van der Waals surface area contributed by atoms with Crippen LogP contribution in [0.25, 0.3) is 0 Å². The van der Waals surface area contributed by atoms with E-state index in [1.54, 1.807) is 24.3 Å². The van der Waals surface area contributed by atoms with Crippen molar-refractivity contribution in [2.45, 2.75) is 25.2 Å². The summed E-state index contributed by atoms with van der Waals surface area (Å²) >= 11 is 0. The molecule has 15 heavy (non-hydrogen) atoms. The Morgan fingerprint density at radius 3 is 2.07 bits per heavy atom. The van der Waals surface area contributed by atoms with Gasteiger partial charge in [-0.25, -0.2) is 13.6 Å². The van der Waals surface area contributed by atoms with Crippen molar-refractivity contribution in [3.63, 3.8) is 0 Å². The average molecular weight is 253 g/mol. The van der Waals surface area contributed by atoms with Gasteiger partial charge in [-0.15, -0.1) is 0 Å². The molecule has 0 fully saturated rings. The van der Waals surface area contributed by atoms with Crippen LogP contribution >= 0.6 is 0 Å². The van der Waals surface area contributed by atoms with Gasteiger partial charge in [-0.2, -0.15) is 0 Å². The van der Waals surface area contributed by atoms with Crippen molar-refractivity contribution in [2.24, 2.45) is 11.1 Å². The number of primary sulfonamides is 1. The van der Waals surface area contributed by atoms with Gasteiger partial charge in [0, 0.05) is 0 Å². The van der Waals surface area contributed by atoms with Crippen LogP contribution in [0.3, 0.4) is 0 Å². The van der Waals surface area contributed by atoms with Crippen LogP contribution < -0.4 is 56.5 Å². The van der Waals surface area contributed by atoms with Crippen molar-refractivity contribution in [1.29, 1.82) is 0 Å². The van der Waals surface area contributed by atoms with E-state index in [1.165, 1.54) is 0 Å². The van der Waals surface area contributed by atoms with E-state index in [-0.39, 0.29) is 57.7 Å². The maximum Gasteiger partial charge on any atom is 1.00 e. The summed E-state index contributed by atoms with van der Waals surface area (Å²) < 4.78 is 21.9. The Balaban J connectivity index is 0. The van der Waals surface area contributed by atoms with E-state index in [9.17, 15) is 8.42 Å². The summed E-state index contributed by atoms with van der Waals surface area (Å²) in [6.07, 6.45) is 0.949. The van der Waals surface area contributed by atoms with Crippen molar-refractivity contribution in [3.8, 4) is 0 Å². The molecule has 1 aromatic carbocycles. The van der Waals surface area contributed by atoms with Gasteiger partial charge in [0.2, 0.25) is 10.0 Å². The minimum absolute atomic E-state index is 0. The van der Waals surface area contributed by atoms with Crippen molar-refractivity contribution >= 4 is 10.0 Å². The van der Waals surface area contributed by atoms with Crippen LogP contribution in [0.1, 0.15) is 20.8 Å². The maximum atomic E-state index is 10.9. The molecule has 0 saturated carbocycles. The Kier molecular flexibility index (Phi) is 6.82. The number of benzene rings is 1. The molecule has 0 bridgehead atoms. The SMILES string of the molecule is CC(C)Cc1ccc(S(N)(=O)=O)cc1.[H-].[K+]. The normalized spacial score (nSPS) is 11.2. The first-order chi connectivity index (χ1) is 6.39. The molecule has 0 spiro atoms. The first kappa shape index (κ1) is 15.8. The molecular formula is C10H16KNO2S. The zero-order valence-corrected chi connectivity index (χ0v) is 13.3. The van der Waals surface area contributed by atoms with Crippen molar-refractivity contribution in [1.82, 2.24) is 0 Å². The molecule has 3 nitrogen and oxygen atoms in total. The zero-order valence-electron chi connectivity index (χ0n) is 10.4. The quantitative estimate of drug-likeness (QED) is 0.677. The predicted molar refractivity (Wildman–Crippen MR) is 57.5 cm³/mol. The summed E-state index contributed by atoms with van der Waals surface area (Å²) in [6.45, 7) is 4.24. The van der Waals surface area contributed by atoms with Crippen LogP contribution in [0.5, 0.6) is 0 Å². The summed E-state index contributed by atoms with van der Waals surface area (Å²) in [5, 5.41) is 4.98. The van der Waals surface area contributed by atoms with Crippen LogP contribution in [0.2, 0.25) is 0 Å². The average Bonchev–Trinajstić information content (AvgIpc) is 2.02. The van der Waals surface area contributed by atoms with E-state index in [1.807, 2.05) is 0 Å². The van der Waals surface area contributed by atoms with E-state index >= 15 is 0 Å². The van der Waals surface area contributed by atoms with Gasteiger partial charge in [0.1, 0.15) is 0 Å². The Labute approximate surface area is 135 Å². The molecule has 1 rings (SSSR count). The van der Waals surface area contributed by atoms with Crippen LogP contribution in [0, 0.1) is 5.92 Å². The number of hydrogen-bond acceptors (Lipinski definition) is 2. The molecular weight excluding hydrogens is 237 g/mol. The molecule has 80 valence electrons. The Bertz CT molecular complexity index is 403. The van der Waals surface area contributed by atoms with E-state index in [2.05, 4.69) is 13.8 Å². The zero-order chi connectivity index (χ0) is 10.8. The van der Waals surface area contributed by atoms with Gasteiger partial charge in [-0.05, 0) is 30.0 Å². The third-order valence-electron chi connectivity index (χ3n) is 1.90. The molecule has 2 N–H and O–H groups in total. The molecule has 0 heterocycles. The van der Waals surface area contributed by atoms with Crippen molar-refractivity contribution < 1.29 is 61.2 Å². The van der Waals surface area contributed by atoms with Gasteiger partial charge in [-0.3, -0.25) is 0 Å². The largest absolute Gasteiger partial charge is 1.00 e. The second kappa shape index (κ2) is 6.49. The minimum Gasteiger partial charge on any atom is -1.00 e. The van der Waals surface area contributed by atoms with E-state index in [0.717, 1.165) is 12.0 Å². The monoisotopic (exact) mass is 253 g/mol. The maximum absolute atomic E-state index is 10.9. The fourth-order valence-electron chi connectivity index (χ4n) is 1.29. The number of nitrogens with two attached hydrogens (primary N) is 1. The van der Waals surface area contributed by atoms with Gasteiger partial charge in [-0.1, -0.05) is 26.0 Å². The number of sulfonamides is 1. The Morgan fingerprint density at radius 1 is 1.27 bits per heavy atom. The number of rotatable bonds is 3. The summed E-state index contributed by atoms with van der Waals surface area (Å²) in [7, 11) is -3.55. The second-order valence-electron chi connectivity index (χ2n) is 3.79. The first-order valence-electron chi connectivity index (χ1n) is 4.51. The fraction of sp³-hybridized carbons (Fsp3) is 0.400. The van der Waals surface area contributed by atoms with Crippen LogP contribution in [-0.4, -0.2) is 8.42 Å². The molecule has 0 aliphatic heterocycles. The van der Waals surface area contributed by atoms with Crippen LogP contribution in [-0.2, 0) is 16.4 Å². The molecule has 0 aromatic heterocycles. The molecule has 0 aliphatic carbocycles. The van der Waals surface area contributed by atoms with Gasteiger partial charge in [0.25, 0.3) is 0 Å². The second-order valence-corrected chi connectivity index (χ2v) is 5.35. The Hall–Kier alpha value is 0.766. The predicted octanol–water partition coefficient (Wildman–Crippen LogP) is -1.35. The van der Waals surface area contributed by atoms with Crippen LogP contribution in [0.4, 0.5) is 0 Å². The van der Waals surface area contributed by atoms with E-state index in [0.29, 0.717) is 5.92 Å². The Morgan fingerprint density at radius 2 is 1.73 bits per heavy atom. The number of hydrogen-bond donors (Lipinski definition) is 1. The van der Waals surface area contributed by atoms with Gasteiger partial charge < -0.3 is 1.43 Å². The molecule has 0 radical (unpaired) electrons. The molecule has 0 amide bonds. The summed E-state index contributed by atoms with van der Waals surface area (Å²) in [5.41, 5.74) is 1.13. The molecule has 1 aromatic rings. The van der Waals surface area contributed by atoms with Gasteiger partial charge >= 0.3 is 51.4 Å². The van der Waals surface area contributed by atoms with Gasteiger partial charge in [0.15, 0.2) is 0 Å². The molecule has 0 aliphatic rings. The smallest absolute Gasteiger partial charge is 1.00 e. The van der Waals surface area contributed by atoms with E-state index in [4.69, 9.17) is 5.14 Å². The van der Waals surface area contributed by atoms with Crippen molar-refractivity contribution in [2.75, 3.05) is 0 Å². The third-order valence-corrected chi connectivity index (χ3v) is 2.83. The molecule has 5 heteroatoms. The molecule has 0 saturated heterocycles. The molecule has 0 unspecified atom stereocenters. The van der Waals surface area contributed by atoms with Crippen LogP contribution in [0.15, 0.2) is 29.2 Å². The first-order valence-corrected chi connectivity index (χ1v) is 6.06. The third kappa shape index (κ3) is 5.58. The fourth-order valence-corrected chi connectivity index (χ4v) is 1.80. The van der Waals surface area contributed by atoms with Crippen molar-refractivity contribution in [3.05, 3.63) is 29.8 Å². The summed E-state index contributed by atoms with van der Waals surface area (Å²) in [6, 6.07) is 6.71. The summed E-state index contributed by atoms with van der Waals surface area (Å²) in [4.78, 5) is 0.171.